The Labute approximate surface area is 141 Å². The predicted molar refractivity (Wildman–Crippen MR) is 93.7 cm³/mol. The fourth-order valence-corrected chi connectivity index (χ4v) is 3.24. The Hall–Kier alpha value is -2.54. The molecule has 2 aromatic rings. The molecule has 0 saturated heterocycles. The maximum absolute atomic E-state index is 12.5. The van der Waals surface area contributed by atoms with Crippen molar-refractivity contribution in [3.8, 4) is 0 Å². The molecule has 7 heteroatoms. The second-order valence-corrected chi connectivity index (χ2v) is 6.67. The maximum Gasteiger partial charge on any atom is 0.411 e. The number of para-hydroxylation sites is 1. The highest BCUT2D eigenvalue weighted by Crippen LogP contribution is 2.21. The van der Waals surface area contributed by atoms with Crippen LogP contribution < -0.4 is 10.0 Å². The van der Waals surface area contributed by atoms with Crippen LogP contribution in [0.25, 0.3) is 0 Å². The van der Waals surface area contributed by atoms with Crippen LogP contribution in [-0.4, -0.2) is 21.1 Å². The Morgan fingerprint density at radius 2 is 1.71 bits per heavy atom. The summed E-state index contributed by atoms with van der Waals surface area (Å²) in [7, 11) is -3.70. The highest BCUT2D eigenvalue weighted by molar-refractivity contribution is 7.92. The first-order valence-corrected chi connectivity index (χ1v) is 9.09. The number of rotatable bonds is 6. The molecule has 0 radical (unpaired) electrons. The lowest BCUT2D eigenvalue weighted by atomic mass is 10.1. The van der Waals surface area contributed by atoms with E-state index in [1.807, 2.05) is 19.1 Å². The molecule has 0 unspecified atom stereocenters. The Morgan fingerprint density at radius 3 is 2.33 bits per heavy atom. The monoisotopic (exact) mass is 348 g/mol. The molecule has 24 heavy (non-hydrogen) atoms. The van der Waals surface area contributed by atoms with Gasteiger partial charge in [-0.25, -0.2) is 13.2 Å². The van der Waals surface area contributed by atoms with Crippen LogP contribution in [0, 0.1) is 0 Å². The lowest BCUT2D eigenvalue weighted by Gasteiger charge is -2.12. The SMILES string of the molecule is CCOC(=O)Nc1ccc(S(=O)(=O)Nc2ccccc2CC)cc1. The van der Waals surface area contributed by atoms with Gasteiger partial charge in [-0.05, 0) is 49.2 Å². The minimum absolute atomic E-state index is 0.114. The summed E-state index contributed by atoms with van der Waals surface area (Å²) in [6, 6.07) is 13.1. The molecule has 0 aromatic heterocycles. The van der Waals surface area contributed by atoms with E-state index in [0.717, 1.165) is 12.0 Å². The molecule has 0 bridgehead atoms. The molecule has 0 aliphatic rings. The molecule has 6 nitrogen and oxygen atoms in total. The molecule has 0 aliphatic carbocycles. The number of sulfonamides is 1. The lowest BCUT2D eigenvalue weighted by molar-refractivity contribution is 0.168. The van der Waals surface area contributed by atoms with Crippen molar-refractivity contribution in [1.82, 2.24) is 0 Å². The van der Waals surface area contributed by atoms with Crippen LogP contribution in [0.2, 0.25) is 0 Å². The minimum atomic E-state index is -3.70. The zero-order valence-corrected chi connectivity index (χ0v) is 14.4. The van der Waals surface area contributed by atoms with E-state index in [9.17, 15) is 13.2 Å². The number of carbonyl (C=O) groups excluding carboxylic acids is 1. The molecule has 2 rings (SSSR count). The number of ether oxygens (including phenoxy) is 1. The van der Waals surface area contributed by atoms with Gasteiger partial charge in [0.25, 0.3) is 10.0 Å². The third kappa shape index (κ3) is 4.48. The van der Waals surface area contributed by atoms with E-state index in [1.165, 1.54) is 24.3 Å². The molecule has 0 heterocycles. The molecule has 0 aliphatic heterocycles. The zero-order valence-electron chi connectivity index (χ0n) is 13.6. The van der Waals surface area contributed by atoms with Crippen LogP contribution in [0.15, 0.2) is 53.4 Å². The molecule has 0 atom stereocenters. The summed E-state index contributed by atoms with van der Waals surface area (Å²) in [6.07, 6.45) is 0.143. The maximum atomic E-state index is 12.5. The summed E-state index contributed by atoms with van der Waals surface area (Å²) < 4.78 is 32.3. The standard InChI is InChI=1S/C17H20N2O4S/c1-3-13-7-5-6-8-16(13)19-24(21,22)15-11-9-14(10-12-15)18-17(20)23-4-2/h5-12,19H,3-4H2,1-2H3,(H,18,20). The first kappa shape index (κ1) is 17.8. The summed E-state index contributed by atoms with van der Waals surface area (Å²) >= 11 is 0. The summed E-state index contributed by atoms with van der Waals surface area (Å²) in [5, 5.41) is 2.51. The summed E-state index contributed by atoms with van der Waals surface area (Å²) in [5.74, 6) is 0. The molecule has 0 spiro atoms. The Balaban J connectivity index is 2.16. The van der Waals surface area contributed by atoms with Gasteiger partial charge in [-0.15, -0.1) is 0 Å². The fraction of sp³-hybridized carbons (Fsp3) is 0.235. The van der Waals surface area contributed by atoms with E-state index < -0.39 is 16.1 Å². The van der Waals surface area contributed by atoms with Gasteiger partial charge in [0.15, 0.2) is 0 Å². The Morgan fingerprint density at radius 1 is 1.04 bits per heavy atom. The zero-order chi connectivity index (χ0) is 17.6. The third-order valence-corrected chi connectivity index (χ3v) is 4.71. The van der Waals surface area contributed by atoms with Crippen molar-refractivity contribution >= 4 is 27.5 Å². The number of anilines is 2. The molecule has 0 fully saturated rings. The van der Waals surface area contributed by atoms with Crippen LogP contribution in [0.5, 0.6) is 0 Å². The number of aryl methyl sites for hydroxylation is 1. The van der Waals surface area contributed by atoms with Crippen LogP contribution in [0.4, 0.5) is 16.2 Å². The van der Waals surface area contributed by atoms with Crippen LogP contribution >= 0.6 is 0 Å². The van der Waals surface area contributed by atoms with Gasteiger partial charge in [0.2, 0.25) is 0 Å². The minimum Gasteiger partial charge on any atom is -0.450 e. The number of hydrogen-bond donors (Lipinski definition) is 2. The summed E-state index contributed by atoms with van der Waals surface area (Å²) in [4.78, 5) is 11.5. The van der Waals surface area contributed by atoms with E-state index >= 15 is 0 Å². The van der Waals surface area contributed by atoms with Gasteiger partial charge in [0.05, 0.1) is 17.2 Å². The topological polar surface area (TPSA) is 84.5 Å². The first-order valence-electron chi connectivity index (χ1n) is 7.60. The average molecular weight is 348 g/mol. The van der Waals surface area contributed by atoms with Gasteiger partial charge in [0.1, 0.15) is 0 Å². The van der Waals surface area contributed by atoms with E-state index in [-0.39, 0.29) is 11.5 Å². The van der Waals surface area contributed by atoms with Crippen molar-refractivity contribution in [2.75, 3.05) is 16.6 Å². The smallest absolute Gasteiger partial charge is 0.411 e. The number of nitrogens with one attached hydrogen (secondary N) is 2. The molecule has 2 aromatic carbocycles. The highest BCUT2D eigenvalue weighted by Gasteiger charge is 2.15. The quantitative estimate of drug-likeness (QED) is 0.835. The largest absolute Gasteiger partial charge is 0.450 e. The van der Waals surface area contributed by atoms with E-state index in [1.54, 1.807) is 19.1 Å². The van der Waals surface area contributed by atoms with Gasteiger partial charge < -0.3 is 4.74 Å². The molecule has 128 valence electrons. The number of hydrogen-bond acceptors (Lipinski definition) is 4. The van der Waals surface area contributed by atoms with Gasteiger partial charge in [-0.1, -0.05) is 25.1 Å². The van der Waals surface area contributed by atoms with Crippen LogP contribution in [-0.2, 0) is 21.2 Å². The third-order valence-electron chi connectivity index (χ3n) is 3.33. The second-order valence-electron chi connectivity index (χ2n) is 4.99. The van der Waals surface area contributed by atoms with Crippen molar-refractivity contribution in [2.24, 2.45) is 0 Å². The van der Waals surface area contributed by atoms with E-state index in [2.05, 4.69) is 10.0 Å². The molecule has 0 saturated carbocycles. The lowest BCUT2D eigenvalue weighted by Crippen LogP contribution is -2.15. The Bertz CT molecular complexity index is 802. The van der Waals surface area contributed by atoms with Crippen molar-refractivity contribution < 1.29 is 17.9 Å². The van der Waals surface area contributed by atoms with Gasteiger partial charge >= 0.3 is 6.09 Å². The van der Waals surface area contributed by atoms with Gasteiger partial charge in [-0.3, -0.25) is 10.0 Å². The second kappa shape index (κ2) is 7.83. The Kier molecular flexibility index (Phi) is 5.81. The number of amides is 1. The summed E-state index contributed by atoms with van der Waals surface area (Å²) in [5.41, 5.74) is 1.94. The van der Waals surface area contributed by atoms with Crippen molar-refractivity contribution in [1.29, 1.82) is 0 Å². The van der Waals surface area contributed by atoms with E-state index in [4.69, 9.17) is 4.74 Å². The summed E-state index contributed by atoms with van der Waals surface area (Å²) in [6.45, 7) is 3.93. The molecule has 2 N–H and O–H groups in total. The van der Waals surface area contributed by atoms with Crippen LogP contribution in [0.3, 0.4) is 0 Å². The normalized spacial score (nSPS) is 10.9. The van der Waals surface area contributed by atoms with Gasteiger partial charge in [0, 0.05) is 5.69 Å². The predicted octanol–water partition coefficient (Wildman–Crippen LogP) is 3.62. The molecular formula is C17H20N2O4S. The number of carbonyl (C=O) groups is 1. The molecule has 1 amide bonds. The van der Waals surface area contributed by atoms with Gasteiger partial charge in [-0.2, -0.15) is 0 Å². The average Bonchev–Trinajstić information content (AvgIpc) is 2.55. The van der Waals surface area contributed by atoms with Crippen LogP contribution in [0.1, 0.15) is 19.4 Å². The van der Waals surface area contributed by atoms with Crippen molar-refractivity contribution in [2.45, 2.75) is 25.2 Å². The van der Waals surface area contributed by atoms with Crippen molar-refractivity contribution in [3.05, 3.63) is 54.1 Å². The number of benzene rings is 2. The van der Waals surface area contributed by atoms with E-state index in [0.29, 0.717) is 11.4 Å². The van der Waals surface area contributed by atoms with Crippen molar-refractivity contribution in [3.63, 3.8) is 0 Å². The highest BCUT2D eigenvalue weighted by atomic mass is 32.2. The fourth-order valence-electron chi connectivity index (χ4n) is 2.13. The molecular weight excluding hydrogens is 328 g/mol. The first-order chi connectivity index (χ1) is 11.5.